The summed E-state index contributed by atoms with van der Waals surface area (Å²) < 4.78 is 0. The third-order valence-electron chi connectivity index (χ3n) is 3.50. The monoisotopic (exact) mass is 273 g/mol. The molecule has 1 aliphatic heterocycles. The van der Waals surface area contributed by atoms with E-state index in [2.05, 4.69) is 23.0 Å². The van der Waals surface area contributed by atoms with E-state index >= 15 is 0 Å². The van der Waals surface area contributed by atoms with Crippen LogP contribution in [0.5, 0.6) is 0 Å². The van der Waals surface area contributed by atoms with Gasteiger partial charge < -0.3 is 5.73 Å². The minimum Gasteiger partial charge on any atom is -0.399 e. The van der Waals surface area contributed by atoms with Crippen molar-refractivity contribution in [3.05, 3.63) is 64.7 Å². The number of hydrogen-bond acceptors (Lipinski definition) is 3. The Hall–Kier alpha value is -1.55. The standard InChI is InChI=1S/C15H16ClN3/c16-13-7-2-1-6-12(13)15-9-14(18-19-15)10-4-3-5-11(17)8-10/h1-8,14-15,18-19H,9,17H2. The van der Waals surface area contributed by atoms with Crippen molar-refractivity contribution in [1.29, 1.82) is 0 Å². The van der Waals surface area contributed by atoms with E-state index in [0.29, 0.717) is 0 Å². The zero-order valence-electron chi connectivity index (χ0n) is 10.4. The molecule has 0 saturated carbocycles. The van der Waals surface area contributed by atoms with Crippen molar-refractivity contribution in [2.24, 2.45) is 0 Å². The van der Waals surface area contributed by atoms with E-state index in [1.807, 2.05) is 36.4 Å². The van der Waals surface area contributed by atoms with Crippen LogP contribution in [0.3, 0.4) is 0 Å². The van der Waals surface area contributed by atoms with Crippen LogP contribution in [0, 0.1) is 0 Å². The van der Waals surface area contributed by atoms with Crippen LogP contribution in [0.1, 0.15) is 29.6 Å². The largest absolute Gasteiger partial charge is 0.399 e. The maximum atomic E-state index is 6.24. The first-order valence-electron chi connectivity index (χ1n) is 6.35. The van der Waals surface area contributed by atoms with E-state index < -0.39 is 0 Å². The molecular weight excluding hydrogens is 258 g/mol. The highest BCUT2D eigenvalue weighted by molar-refractivity contribution is 6.31. The van der Waals surface area contributed by atoms with Gasteiger partial charge in [0.05, 0.1) is 0 Å². The number of benzene rings is 2. The summed E-state index contributed by atoms with van der Waals surface area (Å²) in [6.45, 7) is 0. The van der Waals surface area contributed by atoms with Gasteiger partial charge in [-0.15, -0.1) is 0 Å². The summed E-state index contributed by atoms with van der Waals surface area (Å²) in [4.78, 5) is 0. The first-order chi connectivity index (χ1) is 9.24. The van der Waals surface area contributed by atoms with Crippen LogP contribution in [0.4, 0.5) is 5.69 Å². The van der Waals surface area contributed by atoms with Crippen LogP contribution >= 0.6 is 11.6 Å². The molecule has 2 unspecified atom stereocenters. The van der Waals surface area contributed by atoms with Gasteiger partial charge in [-0.05, 0) is 35.7 Å². The Morgan fingerprint density at radius 3 is 2.58 bits per heavy atom. The van der Waals surface area contributed by atoms with Gasteiger partial charge in [0.25, 0.3) is 0 Å². The van der Waals surface area contributed by atoms with E-state index in [4.69, 9.17) is 17.3 Å². The lowest BCUT2D eigenvalue weighted by Crippen LogP contribution is -2.26. The second-order valence-electron chi connectivity index (χ2n) is 4.82. The molecule has 3 rings (SSSR count). The molecule has 0 bridgehead atoms. The van der Waals surface area contributed by atoms with Crippen molar-refractivity contribution in [2.45, 2.75) is 18.5 Å². The normalized spacial score (nSPS) is 22.6. The average molecular weight is 274 g/mol. The summed E-state index contributed by atoms with van der Waals surface area (Å²) in [5.41, 5.74) is 15.6. The number of halogens is 1. The fourth-order valence-electron chi connectivity index (χ4n) is 2.51. The second-order valence-corrected chi connectivity index (χ2v) is 5.23. The molecule has 0 spiro atoms. The van der Waals surface area contributed by atoms with Gasteiger partial charge in [-0.1, -0.05) is 41.9 Å². The van der Waals surface area contributed by atoms with E-state index in [1.54, 1.807) is 0 Å². The Bertz CT molecular complexity index is 585. The van der Waals surface area contributed by atoms with Crippen molar-refractivity contribution in [3.8, 4) is 0 Å². The van der Waals surface area contributed by atoms with Gasteiger partial charge in [0, 0.05) is 22.8 Å². The van der Waals surface area contributed by atoms with Crippen molar-refractivity contribution < 1.29 is 0 Å². The molecule has 4 N–H and O–H groups in total. The molecule has 2 aromatic rings. The molecule has 1 fully saturated rings. The van der Waals surface area contributed by atoms with Crippen LogP contribution < -0.4 is 16.6 Å². The van der Waals surface area contributed by atoms with Gasteiger partial charge >= 0.3 is 0 Å². The Balaban J connectivity index is 1.79. The van der Waals surface area contributed by atoms with E-state index in [1.165, 1.54) is 5.56 Å². The predicted octanol–water partition coefficient (Wildman–Crippen LogP) is 3.20. The van der Waals surface area contributed by atoms with Crippen LogP contribution in [-0.4, -0.2) is 0 Å². The fraction of sp³-hybridized carbons (Fsp3) is 0.200. The number of hydrazine groups is 1. The van der Waals surface area contributed by atoms with Gasteiger partial charge in [0.2, 0.25) is 0 Å². The second kappa shape index (κ2) is 5.21. The number of nitrogens with two attached hydrogens (primary N) is 1. The molecule has 19 heavy (non-hydrogen) atoms. The summed E-state index contributed by atoms with van der Waals surface area (Å²) in [5, 5.41) is 0.801. The van der Waals surface area contributed by atoms with Crippen LogP contribution in [-0.2, 0) is 0 Å². The minimum absolute atomic E-state index is 0.222. The molecule has 0 aliphatic carbocycles. The summed E-state index contributed by atoms with van der Waals surface area (Å²) in [6.07, 6.45) is 0.952. The van der Waals surface area contributed by atoms with E-state index in [-0.39, 0.29) is 12.1 Å². The topological polar surface area (TPSA) is 50.1 Å². The zero-order chi connectivity index (χ0) is 13.2. The number of hydrogen-bond donors (Lipinski definition) is 3. The van der Waals surface area contributed by atoms with Crippen molar-refractivity contribution in [3.63, 3.8) is 0 Å². The lowest BCUT2D eigenvalue weighted by molar-refractivity contribution is 0.555. The zero-order valence-corrected chi connectivity index (χ0v) is 11.2. The van der Waals surface area contributed by atoms with Gasteiger partial charge in [-0.3, -0.25) is 0 Å². The third-order valence-corrected chi connectivity index (χ3v) is 3.84. The molecule has 2 aromatic carbocycles. The number of anilines is 1. The highest BCUT2D eigenvalue weighted by atomic mass is 35.5. The first-order valence-corrected chi connectivity index (χ1v) is 6.73. The smallest absolute Gasteiger partial charge is 0.0495 e. The number of rotatable bonds is 2. The van der Waals surface area contributed by atoms with Gasteiger partial charge in [0.15, 0.2) is 0 Å². The van der Waals surface area contributed by atoms with Crippen LogP contribution in [0.2, 0.25) is 5.02 Å². The molecule has 2 atom stereocenters. The molecule has 98 valence electrons. The minimum atomic E-state index is 0.222. The molecule has 0 aromatic heterocycles. The molecule has 4 heteroatoms. The summed E-state index contributed by atoms with van der Waals surface area (Å²) in [6, 6.07) is 16.4. The average Bonchev–Trinajstić information content (AvgIpc) is 2.89. The van der Waals surface area contributed by atoms with E-state index in [0.717, 1.165) is 22.7 Å². The third kappa shape index (κ3) is 2.59. The Labute approximate surface area is 117 Å². The molecular formula is C15H16ClN3. The van der Waals surface area contributed by atoms with Crippen molar-refractivity contribution in [2.75, 3.05) is 5.73 Å². The Morgan fingerprint density at radius 2 is 1.79 bits per heavy atom. The lowest BCUT2D eigenvalue weighted by atomic mass is 9.97. The van der Waals surface area contributed by atoms with Gasteiger partial charge in [0.1, 0.15) is 0 Å². The predicted molar refractivity (Wildman–Crippen MR) is 78.7 cm³/mol. The van der Waals surface area contributed by atoms with Crippen LogP contribution in [0.15, 0.2) is 48.5 Å². The first kappa shape index (κ1) is 12.5. The molecule has 1 heterocycles. The lowest BCUT2D eigenvalue weighted by Gasteiger charge is -2.11. The summed E-state index contributed by atoms with van der Waals surface area (Å²) in [7, 11) is 0. The van der Waals surface area contributed by atoms with Crippen LogP contribution in [0.25, 0.3) is 0 Å². The fourth-order valence-corrected chi connectivity index (χ4v) is 2.78. The molecule has 3 nitrogen and oxygen atoms in total. The Kier molecular flexibility index (Phi) is 3.42. The van der Waals surface area contributed by atoms with Crippen molar-refractivity contribution >= 4 is 17.3 Å². The van der Waals surface area contributed by atoms with Gasteiger partial charge in [-0.25, -0.2) is 10.9 Å². The molecule has 0 amide bonds. The summed E-state index contributed by atoms with van der Waals surface area (Å²) >= 11 is 6.24. The highest BCUT2D eigenvalue weighted by Gasteiger charge is 2.27. The van der Waals surface area contributed by atoms with Gasteiger partial charge in [-0.2, -0.15) is 0 Å². The molecule has 0 radical (unpaired) electrons. The quantitative estimate of drug-likeness (QED) is 0.737. The number of nitrogens with one attached hydrogen (secondary N) is 2. The highest BCUT2D eigenvalue weighted by Crippen LogP contribution is 2.34. The number of nitrogen functional groups attached to an aromatic ring is 1. The SMILES string of the molecule is Nc1cccc(C2CC(c3ccccc3Cl)NN2)c1. The molecule has 1 saturated heterocycles. The van der Waals surface area contributed by atoms with E-state index in [9.17, 15) is 0 Å². The maximum Gasteiger partial charge on any atom is 0.0495 e. The molecule has 1 aliphatic rings. The Morgan fingerprint density at radius 1 is 1.00 bits per heavy atom. The summed E-state index contributed by atoms with van der Waals surface area (Å²) in [5.74, 6) is 0. The maximum absolute atomic E-state index is 6.24. The van der Waals surface area contributed by atoms with Crippen molar-refractivity contribution in [1.82, 2.24) is 10.9 Å².